The van der Waals surface area contributed by atoms with Crippen molar-refractivity contribution in [2.45, 2.75) is 58.2 Å². The molecule has 2 saturated heterocycles. The monoisotopic (exact) mass is 282 g/mol. The van der Waals surface area contributed by atoms with Gasteiger partial charge < -0.3 is 10.6 Å². The first-order valence-electron chi connectivity index (χ1n) is 8.26. The van der Waals surface area contributed by atoms with Gasteiger partial charge in [0.05, 0.1) is 0 Å². The minimum absolute atomic E-state index is 0.260. The lowest BCUT2D eigenvalue weighted by atomic mass is 9.83. The molecule has 2 fully saturated rings. The molecule has 0 aliphatic carbocycles. The maximum Gasteiger partial charge on any atom is 0.0198 e. The Hall–Kier alpha value is -0.160. The first-order chi connectivity index (χ1) is 9.33. The summed E-state index contributed by atoms with van der Waals surface area (Å²) in [6.07, 6.45) is 1.23. The third-order valence-electron chi connectivity index (χ3n) is 5.12. The fraction of sp³-hybridized carbons (Fsp3) is 1.00. The fourth-order valence-electron chi connectivity index (χ4n) is 4.28. The molecular formula is C16H34N4. The van der Waals surface area contributed by atoms with Crippen molar-refractivity contribution in [2.75, 3.05) is 45.8 Å². The summed E-state index contributed by atoms with van der Waals surface area (Å²) in [5.74, 6) is 0. The summed E-state index contributed by atoms with van der Waals surface area (Å²) in [6, 6.07) is 0.637. The molecule has 118 valence electrons. The van der Waals surface area contributed by atoms with Crippen LogP contribution >= 0.6 is 0 Å². The molecule has 0 amide bonds. The van der Waals surface area contributed by atoms with Gasteiger partial charge in [0.15, 0.2) is 0 Å². The molecule has 4 nitrogen and oxygen atoms in total. The molecule has 2 N–H and O–H groups in total. The zero-order valence-corrected chi connectivity index (χ0v) is 14.1. The highest BCUT2D eigenvalue weighted by Gasteiger charge is 2.39. The number of hydrogen-bond donors (Lipinski definition) is 2. The molecule has 2 rings (SSSR count). The zero-order valence-electron chi connectivity index (χ0n) is 14.1. The fourth-order valence-corrected chi connectivity index (χ4v) is 4.28. The second-order valence-electron chi connectivity index (χ2n) is 7.79. The third kappa shape index (κ3) is 3.73. The van der Waals surface area contributed by atoms with Crippen LogP contribution in [0.5, 0.6) is 0 Å². The predicted molar refractivity (Wildman–Crippen MR) is 86.3 cm³/mol. The van der Waals surface area contributed by atoms with E-state index in [0.29, 0.717) is 6.04 Å². The largest absolute Gasteiger partial charge is 0.314 e. The van der Waals surface area contributed by atoms with Crippen molar-refractivity contribution >= 4 is 0 Å². The Morgan fingerprint density at radius 2 is 1.50 bits per heavy atom. The molecule has 2 aliphatic heterocycles. The molecule has 0 spiro atoms. The van der Waals surface area contributed by atoms with E-state index in [1.807, 2.05) is 0 Å². The SMILES string of the molecule is C[C@H]1CNCCN1C(C)(C)CC(C)(C)N1CCNCC1. The standard InChI is InChI=1S/C16H34N4/c1-14-12-18-8-11-20(14)16(4,5)13-15(2,3)19-9-6-17-7-10-19/h14,17-18H,6-13H2,1-5H3/t14-/m0/s1. The molecule has 0 aromatic heterocycles. The molecule has 2 aliphatic rings. The van der Waals surface area contributed by atoms with E-state index in [2.05, 4.69) is 55.1 Å². The molecule has 4 heteroatoms. The summed E-state index contributed by atoms with van der Waals surface area (Å²) in [4.78, 5) is 5.37. The summed E-state index contributed by atoms with van der Waals surface area (Å²) < 4.78 is 0. The van der Waals surface area contributed by atoms with Gasteiger partial charge in [0.2, 0.25) is 0 Å². The van der Waals surface area contributed by atoms with Crippen LogP contribution in [0.25, 0.3) is 0 Å². The lowest BCUT2D eigenvalue weighted by Gasteiger charge is -2.51. The van der Waals surface area contributed by atoms with Crippen LogP contribution in [0.3, 0.4) is 0 Å². The first kappa shape index (κ1) is 16.2. The molecule has 0 aromatic carbocycles. The van der Waals surface area contributed by atoms with Gasteiger partial charge in [0.25, 0.3) is 0 Å². The van der Waals surface area contributed by atoms with Gasteiger partial charge >= 0.3 is 0 Å². The molecule has 0 aromatic rings. The second-order valence-corrected chi connectivity index (χ2v) is 7.79. The van der Waals surface area contributed by atoms with Gasteiger partial charge in [-0.05, 0) is 41.0 Å². The van der Waals surface area contributed by atoms with Crippen LogP contribution in [0.1, 0.15) is 41.0 Å². The number of nitrogens with zero attached hydrogens (tertiary/aromatic N) is 2. The Bertz CT molecular complexity index is 308. The van der Waals surface area contributed by atoms with Gasteiger partial charge in [0.1, 0.15) is 0 Å². The van der Waals surface area contributed by atoms with Crippen LogP contribution in [0.4, 0.5) is 0 Å². The van der Waals surface area contributed by atoms with Gasteiger partial charge in [0, 0.05) is 62.9 Å². The van der Waals surface area contributed by atoms with E-state index in [9.17, 15) is 0 Å². The maximum atomic E-state index is 3.50. The first-order valence-corrected chi connectivity index (χ1v) is 8.26. The smallest absolute Gasteiger partial charge is 0.0198 e. The van der Waals surface area contributed by atoms with Crippen molar-refractivity contribution in [3.05, 3.63) is 0 Å². The highest BCUT2D eigenvalue weighted by molar-refractivity contribution is 4.97. The number of piperazine rings is 2. The zero-order chi connectivity index (χ0) is 14.8. The highest BCUT2D eigenvalue weighted by atomic mass is 15.3. The minimum atomic E-state index is 0.260. The van der Waals surface area contributed by atoms with E-state index in [1.54, 1.807) is 0 Å². The molecule has 0 radical (unpaired) electrons. The number of hydrogen-bond acceptors (Lipinski definition) is 4. The Kier molecular flexibility index (Phi) is 5.11. The van der Waals surface area contributed by atoms with Gasteiger partial charge in [-0.2, -0.15) is 0 Å². The van der Waals surface area contributed by atoms with Crippen LogP contribution < -0.4 is 10.6 Å². The van der Waals surface area contributed by atoms with Crippen molar-refractivity contribution in [1.82, 2.24) is 20.4 Å². The van der Waals surface area contributed by atoms with Crippen molar-refractivity contribution in [2.24, 2.45) is 0 Å². The number of nitrogens with one attached hydrogen (secondary N) is 2. The van der Waals surface area contributed by atoms with Gasteiger partial charge in [-0.15, -0.1) is 0 Å². The summed E-state index contributed by atoms with van der Waals surface area (Å²) in [6.45, 7) is 20.1. The predicted octanol–water partition coefficient (Wildman–Crippen LogP) is 1.13. The average Bonchev–Trinajstić information content (AvgIpc) is 2.39. The Labute approximate surface area is 125 Å². The van der Waals surface area contributed by atoms with E-state index in [4.69, 9.17) is 0 Å². The van der Waals surface area contributed by atoms with E-state index < -0.39 is 0 Å². The molecule has 0 unspecified atom stereocenters. The maximum absolute atomic E-state index is 3.50. The van der Waals surface area contributed by atoms with Gasteiger partial charge in [-0.3, -0.25) is 9.80 Å². The van der Waals surface area contributed by atoms with Crippen LogP contribution in [0, 0.1) is 0 Å². The van der Waals surface area contributed by atoms with Gasteiger partial charge in [-0.25, -0.2) is 0 Å². The lowest BCUT2D eigenvalue weighted by Crippen LogP contribution is -2.62. The van der Waals surface area contributed by atoms with E-state index in [1.165, 1.54) is 26.1 Å². The van der Waals surface area contributed by atoms with Crippen molar-refractivity contribution in [3.63, 3.8) is 0 Å². The van der Waals surface area contributed by atoms with Crippen LogP contribution in [0.2, 0.25) is 0 Å². The normalized spacial score (nSPS) is 27.8. The van der Waals surface area contributed by atoms with E-state index >= 15 is 0 Å². The summed E-state index contributed by atoms with van der Waals surface area (Å²) in [5.41, 5.74) is 0.534. The molecule has 0 saturated carbocycles. The average molecular weight is 282 g/mol. The van der Waals surface area contributed by atoms with E-state index in [-0.39, 0.29) is 11.1 Å². The minimum Gasteiger partial charge on any atom is -0.314 e. The van der Waals surface area contributed by atoms with Crippen molar-refractivity contribution in [1.29, 1.82) is 0 Å². The van der Waals surface area contributed by atoms with Crippen LogP contribution in [-0.2, 0) is 0 Å². The van der Waals surface area contributed by atoms with Crippen molar-refractivity contribution < 1.29 is 0 Å². The van der Waals surface area contributed by atoms with Crippen LogP contribution in [0.15, 0.2) is 0 Å². The summed E-state index contributed by atoms with van der Waals surface area (Å²) >= 11 is 0. The Morgan fingerprint density at radius 1 is 0.900 bits per heavy atom. The van der Waals surface area contributed by atoms with Crippen LogP contribution in [-0.4, -0.2) is 72.7 Å². The molecular weight excluding hydrogens is 248 g/mol. The summed E-state index contributed by atoms with van der Waals surface area (Å²) in [7, 11) is 0. The van der Waals surface area contributed by atoms with Gasteiger partial charge in [-0.1, -0.05) is 0 Å². The molecule has 20 heavy (non-hydrogen) atoms. The molecule has 2 heterocycles. The van der Waals surface area contributed by atoms with Crippen molar-refractivity contribution in [3.8, 4) is 0 Å². The Morgan fingerprint density at radius 3 is 2.10 bits per heavy atom. The lowest BCUT2D eigenvalue weighted by molar-refractivity contribution is -0.00183. The quantitative estimate of drug-likeness (QED) is 0.809. The molecule has 1 atom stereocenters. The third-order valence-corrected chi connectivity index (χ3v) is 5.12. The summed E-state index contributed by atoms with van der Waals surface area (Å²) in [5, 5.41) is 6.96. The van der Waals surface area contributed by atoms with E-state index in [0.717, 1.165) is 26.2 Å². The topological polar surface area (TPSA) is 30.5 Å². The number of rotatable bonds is 4. The second kappa shape index (κ2) is 6.30. The molecule has 0 bridgehead atoms. The Balaban J connectivity index is 2.01. The highest BCUT2D eigenvalue weighted by Crippen LogP contribution is 2.32.